The lowest BCUT2D eigenvalue weighted by Crippen LogP contribution is -2.38. The highest BCUT2D eigenvalue weighted by Gasteiger charge is 2.23. The molecule has 0 bridgehead atoms. The number of carbonyl (C=O) groups is 1. The van der Waals surface area contributed by atoms with Crippen LogP contribution < -0.4 is 10.1 Å². The first-order valence-electron chi connectivity index (χ1n) is 6.89. The van der Waals surface area contributed by atoms with Crippen molar-refractivity contribution in [3.63, 3.8) is 0 Å². The average Bonchev–Trinajstić information content (AvgIpc) is 2.47. The Kier molecular flexibility index (Phi) is 5.43. The van der Waals surface area contributed by atoms with Crippen LogP contribution in [0.1, 0.15) is 36.0 Å². The number of ether oxygens (including phenoxy) is 1. The van der Waals surface area contributed by atoms with Crippen molar-refractivity contribution in [3.05, 3.63) is 28.2 Å². The largest absolute Gasteiger partial charge is 0.496 e. The van der Waals surface area contributed by atoms with Crippen LogP contribution in [0.25, 0.3) is 0 Å². The number of amides is 1. The minimum Gasteiger partial charge on any atom is -0.496 e. The number of hydrogen-bond donors (Lipinski definition) is 2. The Bertz CT molecular complexity index is 470. The fourth-order valence-corrected chi connectivity index (χ4v) is 2.95. The summed E-state index contributed by atoms with van der Waals surface area (Å²) in [6.45, 7) is 0.251. The van der Waals surface area contributed by atoms with Gasteiger partial charge in [0.15, 0.2) is 0 Å². The van der Waals surface area contributed by atoms with Crippen LogP contribution in [0.5, 0.6) is 5.75 Å². The Hall–Kier alpha value is -1.07. The van der Waals surface area contributed by atoms with Crippen LogP contribution in [-0.4, -0.2) is 30.8 Å². The Labute approximate surface area is 127 Å². The molecule has 0 radical (unpaired) electrons. The van der Waals surface area contributed by atoms with Crippen molar-refractivity contribution in [3.8, 4) is 5.75 Å². The Balaban J connectivity index is 1.98. The van der Waals surface area contributed by atoms with Crippen molar-refractivity contribution in [1.82, 2.24) is 5.32 Å². The molecule has 2 rings (SSSR count). The summed E-state index contributed by atoms with van der Waals surface area (Å²) in [4.78, 5) is 12.3. The molecule has 0 spiro atoms. The molecule has 0 atom stereocenters. The van der Waals surface area contributed by atoms with E-state index in [-0.39, 0.29) is 18.6 Å². The first-order chi connectivity index (χ1) is 9.63. The van der Waals surface area contributed by atoms with E-state index in [1.54, 1.807) is 19.2 Å². The zero-order valence-corrected chi connectivity index (χ0v) is 13.1. The maximum atomic E-state index is 12.3. The molecule has 0 unspecified atom stereocenters. The fraction of sp³-hybridized carbons (Fsp3) is 0.533. The van der Waals surface area contributed by atoms with E-state index < -0.39 is 0 Å². The van der Waals surface area contributed by atoms with E-state index in [0.29, 0.717) is 17.2 Å². The SMILES string of the molecule is COc1cc(Br)ccc1C(=O)NC1CCC(CO)CC1. The van der Waals surface area contributed by atoms with Gasteiger partial charge in [0.25, 0.3) is 5.91 Å². The van der Waals surface area contributed by atoms with E-state index >= 15 is 0 Å². The molecule has 1 aliphatic carbocycles. The van der Waals surface area contributed by atoms with Gasteiger partial charge in [-0.3, -0.25) is 4.79 Å². The predicted molar refractivity (Wildman–Crippen MR) is 81.0 cm³/mol. The lowest BCUT2D eigenvalue weighted by molar-refractivity contribution is 0.0911. The van der Waals surface area contributed by atoms with Gasteiger partial charge in [0, 0.05) is 17.1 Å². The highest BCUT2D eigenvalue weighted by Crippen LogP contribution is 2.26. The number of benzene rings is 1. The monoisotopic (exact) mass is 341 g/mol. The molecule has 2 N–H and O–H groups in total. The van der Waals surface area contributed by atoms with Crippen molar-refractivity contribution in [1.29, 1.82) is 0 Å². The minimum absolute atomic E-state index is 0.0956. The number of aliphatic hydroxyl groups excluding tert-OH is 1. The molecule has 1 saturated carbocycles. The maximum Gasteiger partial charge on any atom is 0.255 e. The summed E-state index contributed by atoms with van der Waals surface area (Å²) >= 11 is 3.36. The van der Waals surface area contributed by atoms with Gasteiger partial charge in [-0.05, 0) is 49.8 Å². The molecule has 0 saturated heterocycles. The second-order valence-corrected chi connectivity index (χ2v) is 6.13. The van der Waals surface area contributed by atoms with Crippen molar-refractivity contribution >= 4 is 21.8 Å². The summed E-state index contributed by atoms with van der Waals surface area (Å²) in [5.74, 6) is 0.869. The average molecular weight is 342 g/mol. The Morgan fingerprint density at radius 1 is 1.40 bits per heavy atom. The number of nitrogens with one attached hydrogen (secondary N) is 1. The molecule has 20 heavy (non-hydrogen) atoms. The molecule has 4 nitrogen and oxygen atoms in total. The third kappa shape index (κ3) is 3.73. The normalized spacial score (nSPS) is 22.4. The van der Waals surface area contributed by atoms with E-state index in [0.717, 1.165) is 30.2 Å². The quantitative estimate of drug-likeness (QED) is 0.885. The highest BCUT2D eigenvalue weighted by atomic mass is 79.9. The van der Waals surface area contributed by atoms with Gasteiger partial charge in [-0.15, -0.1) is 0 Å². The Morgan fingerprint density at radius 3 is 2.70 bits per heavy atom. The van der Waals surface area contributed by atoms with Crippen LogP contribution in [0, 0.1) is 5.92 Å². The Morgan fingerprint density at radius 2 is 2.10 bits per heavy atom. The van der Waals surface area contributed by atoms with Gasteiger partial charge in [-0.25, -0.2) is 0 Å². The molecular formula is C15H20BrNO3. The summed E-state index contributed by atoms with van der Waals surface area (Å²) in [7, 11) is 1.56. The first kappa shape index (κ1) is 15.3. The van der Waals surface area contributed by atoms with E-state index in [1.165, 1.54) is 0 Å². The topological polar surface area (TPSA) is 58.6 Å². The van der Waals surface area contributed by atoms with Gasteiger partial charge in [-0.1, -0.05) is 15.9 Å². The summed E-state index contributed by atoms with van der Waals surface area (Å²) in [5.41, 5.74) is 0.556. The third-order valence-corrected chi connectivity index (χ3v) is 4.34. The third-order valence-electron chi connectivity index (χ3n) is 3.85. The van der Waals surface area contributed by atoms with Crippen LogP contribution >= 0.6 is 15.9 Å². The minimum atomic E-state index is -0.0956. The number of methoxy groups -OCH3 is 1. The van der Waals surface area contributed by atoms with Gasteiger partial charge in [0.1, 0.15) is 5.75 Å². The standard InChI is InChI=1S/C15H20BrNO3/c1-20-14-8-11(16)4-7-13(14)15(19)17-12-5-2-10(9-18)3-6-12/h4,7-8,10,12,18H,2-3,5-6,9H2,1H3,(H,17,19). The maximum absolute atomic E-state index is 12.3. The molecule has 0 heterocycles. The lowest BCUT2D eigenvalue weighted by atomic mass is 9.86. The van der Waals surface area contributed by atoms with E-state index in [4.69, 9.17) is 9.84 Å². The van der Waals surface area contributed by atoms with Crippen LogP contribution in [-0.2, 0) is 0 Å². The van der Waals surface area contributed by atoms with E-state index in [1.807, 2.05) is 6.07 Å². The van der Waals surface area contributed by atoms with Crippen molar-refractivity contribution in [2.75, 3.05) is 13.7 Å². The summed E-state index contributed by atoms with van der Waals surface area (Å²) in [5, 5.41) is 12.2. The predicted octanol–water partition coefficient (Wildman–Crippen LogP) is 2.74. The van der Waals surface area contributed by atoms with Crippen LogP contribution in [0.4, 0.5) is 0 Å². The number of rotatable bonds is 4. The summed E-state index contributed by atoms with van der Waals surface area (Å²) in [6, 6.07) is 5.58. The zero-order valence-electron chi connectivity index (χ0n) is 11.6. The van der Waals surface area contributed by atoms with Crippen molar-refractivity contribution in [2.24, 2.45) is 5.92 Å². The smallest absolute Gasteiger partial charge is 0.255 e. The van der Waals surface area contributed by atoms with E-state index in [2.05, 4.69) is 21.2 Å². The number of aliphatic hydroxyl groups is 1. The van der Waals surface area contributed by atoms with Crippen molar-refractivity contribution in [2.45, 2.75) is 31.7 Å². The van der Waals surface area contributed by atoms with Gasteiger partial charge >= 0.3 is 0 Å². The lowest BCUT2D eigenvalue weighted by Gasteiger charge is -2.28. The second-order valence-electron chi connectivity index (χ2n) is 5.22. The molecule has 1 aliphatic rings. The van der Waals surface area contributed by atoms with Gasteiger partial charge in [-0.2, -0.15) is 0 Å². The molecule has 1 aromatic rings. The molecule has 110 valence electrons. The number of halogens is 1. The molecule has 1 fully saturated rings. The molecule has 1 amide bonds. The van der Waals surface area contributed by atoms with E-state index in [9.17, 15) is 4.79 Å². The van der Waals surface area contributed by atoms with Crippen LogP contribution in [0.3, 0.4) is 0 Å². The molecule has 0 aliphatic heterocycles. The van der Waals surface area contributed by atoms with Crippen molar-refractivity contribution < 1.29 is 14.6 Å². The fourth-order valence-electron chi connectivity index (χ4n) is 2.61. The zero-order chi connectivity index (χ0) is 14.5. The number of hydrogen-bond acceptors (Lipinski definition) is 3. The molecule has 5 heteroatoms. The van der Waals surface area contributed by atoms with Gasteiger partial charge in [0.05, 0.1) is 12.7 Å². The molecule has 1 aromatic carbocycles. The first-order valence-corrected chi connectivity index (χ1v) is 7.68. The van der Waals surface area contributed by atoms with Crippen LogP contribution in [0.2, 0.25) is 0 Å². The molecular weight excluding hydrogens is 322 g/mol. The summed E-state index contributed by atoms with van der Waals surface area (Å²) < 4.78 is 6.13. The number of carbonyl (C=O) groups excluding carboxylic acids is 1. The second kappa shape index (κ2) is 7.09. The van der Waals surface area contributed by atoms with Gasteiger partial charge in [0.2, 0.25) is 0 Å². The highest BCUT2D eigenvalue weighted by molar-refractivity contribution is 9.10. The molecule has 0 aromatic heterocycles. The van der Waals surface area contributed by atoms with Crippen LogP contribution in [0.15, 0.2) is 22.7 Å². The van der Waals surface area contributed by atoms with Gasteiger partial charge < -0.3 is 15.2 Å². The summed E-state index contributed by atoms with van der Waals surface area (Å²) in [6.07, 6.45) is 3.80.